The van der Waals surface area contributed by atoms with Crippen LogP contribution in [-0.2, 0) is 24.3 Å². The Balaban J connectivity index is 1.17. The number of sulfonamides is 1. The van der Waals surface area contributed by atoms with Gasteiger partial charge < -0.3 is 19.2 Å². The zero-order valence-corrected chi connectivity index (χ0v) is 23.0. The van der Waals surface area contributed by atoms with E-state index in [1.165, 1.54) is 13.2 Å². The zero-order valence-electron chi connectivity index (χ0n) is 21.3. The maximum Gasteiger partial charge on any atom is 0.324 e. The molecule has 2 aromatic heterocycles. The van der Waals surface area contributed by atoms with Crippen LogP contribution in [0.15, 0.2) is 63.9 Å². The van der Waals surface area contributed by atoms with Crippen LogP contribution in [0, 0.1) is 0 Å². The lowest BCUT2D eigenvalue weighted by atomic mass is 10.1. The lowest BCUT2D eigenvalue weighted by Gasteiger charge is -2.32. The smallest absolute Gasteiger partial charge is 0.324 e. The molecule has 11 nitrogen and oxygen atoms in total. The minimum atomic E-state index is -4.07. The van der Waals surface area contributed by atoms with E-state index in [1.807, 2.05) is 24.3 Å². The molecule has 6 rings (SSSR count). The van der Waals surface area contributed by atoms with Crippen molar-refractivity contribution in [2.75, 3.05) is 25.6 Å². The third kappa shape index (κ3) is 4.65. The summed E-state index contributed by atoms with van der Waals surface area (Å²) in [6.45, 7) is -0.451. The van der Waals surface area contributed by atoms with Crippen molar-refractivity contribution >= 4 is 72.3 Å². The standard InChI is InChI=1S/C27H24N4O7S2/c1-36-23-13-17-16-7-2-3-10-21(16)38-22(17)14-19(23)28-25(32)15-37-27(33)20-9-4-5-12-31(20)40(34,35)24-11-6-8-18-26(24)30-39-29-18/h2-3,6-8,10-11,13-14,20H,4-5,9,12,15H2,1H3,(H,28,32). The second-order valence-corrected chi connectivity index (χ2v) is 11.7. The number of nitrogens with one attached hydrogen (secondary N) is 1. The van der Waals surface area contributed by atoms with Gasteiger partial charge in [0.2, 0.25) is 10.0 Å². The van der Waals surface area contributed by atoms with Crippen LogP contribution in [0.25, 0.3) is 33.0 Å². The number of methoxy groups -OCH3 is 1. The number of benzene rings is 3. The number of piperidine rings is 1. The van der Waals surface area contributed by atoms with Crippen molar-refractivity contribution in [2.45, 2.75) is 30.2 Å². The molecule has 0 bridgehead atoms. The van der Waals surface area contributed by atoms with Crippen molar-refractivity contribution in [3.63, 3.8) is 0 Å². The van der Waals surface area contributed by atoms with Gasteiger partial charge in [-0.3, -0.25) is 9.59 Å². The fourth-order valence-corrected chi connectivity index (χ4v) is 7.38. The highest BCUT2D eigenvalue weighted by molar-refractivity contribution is 7.89. The van der Waals surface area contributed by atoms with Crippen LogP contribution < -0.4 is 10.1 Å². The molecule has 1 aliphatic heterocycles. The number of carbonyl (C=O) groups is 2. The third-order valence-corrected chi connectivity index (χ3v) is 9.36. The van der Waals surface area contributed by atoms with Crippen molar-refractivity contribution in [1.82, 2.24) is 13.1 Å². The Hall–Kier alpha value is -4.07. The number of fused-ring (bicyclic) bond motifs is 4. The SMILES string of the molecule is COc1cc2c(cc1NC(=O)COC(=O)C1CCCCN1S(=O)(=O)c1cccc3nsnc13)oc1ccccc12. The van der Waals surface area contributed by atoms with Crippen molar-refractivity contribution < 1.29 is 31.9 Å². The van der Waals surface area contributed by atoms with E-state index in [0.29, 0.717) is 41.0 Å². The summed E-state index contributed by atoms with van der Waals surface area (Å²) in [6.07, 6.45) is 1.52. The number of hydrogen-bond acceptors (Lipinski definition) is 10. The van der Waals surface area contributed by atoms with Crippen molar-refractivity contribution in [1.29, 1.82) is 0 Å². The van der Waals surface area contributed by atoms with Gasteiger partial charge in [0.15, 0.2) is 6.61 Å². The summed E-state index contributed by atoms with van der Waals surface area (Å²) in [5, 5.41) is 4.44. The van der Waals surface area contributed by atoms with E-state index in [-0.39, 0.29) is 23.4 Å². The van der Waals surface area contributed by atoms with Gasteiger partial charge in [0, 0.05) is 23.4 Å². The predicted molar refractivity (Wildman–Crippen MR) is 149 cm³/mol. The zero-order chi connectivity index (χ0) is 27.9. The molecule has 1 atom stereocenters. The molecule has 5 aromatic rings. The predicted octanol–water partition coefficient (Wildman–Crippen LogP) is 4.32. The molecule has 0 spiro atoms. The van der Waals surface area contributed by atoms with Gasteiger partial charge in [-0.05, 0) is 43.5 Å². The summed E-state index contributed by atoms with van der Waals surface area (Å²) >= 11 is 0.919. The highest BCUT2D eigenvalue weighted by Gasteiger charge is 2.40. The topological polar surface area (TPSA) is 141 Å². The van der Waals surface area contributed by atoms with E-state index in [0.717, 1.165) is 26.8 Å². The maximum atomic E-state index is 13.6. The summed E-state index contributed by atoms with van der Waals surface area (Å²) < 4.78 is 53.2. The van der Waals surface area contributed by atoms with Gasteiger partial charge in [-0.15, -0.1) is 0 Å². The molecule has 1 amide bonds. The van der Waals surface area contributed by atoms with Crippen LogP contribution in [-0.4, -0.2) is 59.6 Å². The van der Waals surface area contributed by atoms with Crippen LogP contribution in [0.5, 0.6) is 5.75 Å². The summed E-state index contributed by atoms with van der Waals surface area (Å²) in [4.78, 5) is 25.8. The van der Waals surface area contributed by atoms with Crippen LogP contribution in [0.2, 0.25) is 0 Å². The summed E-state index contributed by atoms with van der Waals surface area (Å²) in [6, 6.07) is 14.6. The fourth-order valence-electron chi connectivity index (χ4n) is 4.98. The second-order valence-electron chi connectivity index (χ2n) is 9.32. The molecular formula is C27H24N4O7S2. The van der Waals surface area contributed by atoms with Crippen LogP contribution >= 0.6 is 11.7 Å². The Morgan fingerprint density at radius 2 is 1.93 bits per heavy atom. The van der Waals surface area contributed by atoms with Gasteiger partial charge in [-0.2, -0.15) is 13.1 Å². The number of nitrogens with zero attached hydrogens (tertiary/aromatic N) is 3. The summed E-state index contributed by atoms with van der Waals surface area (Å²) in [5.41, 5.74) is 2.34. The number of hydrogen-bond donors (Lipinski definition) is 1. The Kier molecular flexibility index (Phi) is 6.86. The molecule has 3 heterocycles. The number of esters is 1. The fraction of sp³-hybridized carbons (Fsp3) is 0.259. The van der Waals surface area contributed by atoms with Gasteiger partial charge in [-0.1, -0.05) is 24.3 Å². The first-order chi connectivity index (χ1) is 19.4. The van der Waals surface area contributed by atoms with Gasteiger partial charge in [0.05, 0.1) is 24.5 Å². The lowest BCUT2D eigenvalue weighted by molar-refractivity contribution is -0.152. The van der Waals surface area contributed by atoms with Crippen LogP contribution in [0.3, 0.4) is 0 Å². The second kappa shape index (κ2) is 10.5. The molecule has 1 saturated heterocycles. The minimum absolute atomic E-state index is 0.00994. The number of rotatable bonds is 7. The molecule has 1 fully saturated rings. The molecule has 40 heavy (non-hydrogen) atoms. The highest BCUT2D eigenvalue weighted by atomic mass is 32.2. The van der Waals surface area contributed by atoms with Gasteiger partial charge >= 0.3 is 5.97 Å². The van der Waals surface area contributed by atoms with Crippen LogP contribution in [0.1, 0.15) is 19.3 Å². The minimum Gasteiger partial charge on any atom is -0.495 e. The Morgan fingerprint density at radius 1 is 1.07 bits per heavy atom. The lowest BCUT2D eigenvalue weighted by Crippen LogP contribution is -2.49. The molecule has 0 radical (unpaired) electrons. The van der Waals surface area contributed by atoms with Crippen molar-refractivity contribution in [3.05, 3.63) is 54.6 Å². The number of anilines is 1. The van der Waals surface area contributed by atoms with E-state index in [9.17, 15) is 18.0 Å². The summed E-state index contributed by atoms with van der Waals surface area (Å²) in [5.74, 6) is -0.985. The molecule has 0 aliphatic carbocycles. The van der Waals surface area contributed by atoms with E-state index < -0.39 is 34.5 Å². The van der Waals surface area contributed by atoms with Crippen molar-refractivity contribution in [2.24, 2.45) is 0 Å². The number of amides is 1. The molecule has 3 aromatic carbocycles. The van der Waals surface area contributed by atoms with Gasteiger partial charge in [-0.25, -0.2) is 8.42 Å². The van der Waals surface area contributed by atoms with Gasteiger partial charge in [0.25, 0.3) is 5.91 Å². The largest absolute Gasteiger partial charge is 0.495 e. The first-order valence-corrected chi connectivity index (χ1v) is 14.7. The molecule has 206 valence electrons. The number of aromatic nitrogens is 2. The number of para-hydroxylation sites is 1. The normalized spacial score (nSPS) is 16.4. The average molecular weight is 581 g/mol. The maximum absolute atomic E-state index is 13.6. The van der Waals surface area contributed by atoms with Crippen LogP contribution in [0.4, 0.5) is 5.69 Å². The van der Waals surface area contributed by atoms with E-state index in [1.54, 1.807) is 24.3 Å². The van der Waals surface area contributed by atoms with Gasteiger partial charge in [0.1, 0.15) is 38.9 Å². The Bertz CT molecular complexity index is 1870. The monoisotopic (exact) mass is 580 g/mol. The molecule has 1 unspecified atom stereocenters. The molecule has 1 aliphatic rings. The molecule has 1 N–H and O–H groups in total. The first-order valence-electron chi connectivity index (χ1n) is 12.6. The Morgan fingerprint density at radius 3 is 2.77 bits per heavy atom. The average Bonchev–Trinajstić information content (AvgIpc) is 3.59. The highest BCUT2D eigenvalue weighted by Crippen LogP contribution is 2.36. The molecule has 13 heteroatoms. The Labute approximate surface area is 233 Å². The number of ether oxygens (including phenoxy) is 2. The first kappa shape index (κ1) is 26.2. The van der Waals surface area contributed by atoms with E-state index in [2.05, 4.69) is 14.1 Å². The molecular weight excluding hydrogens is 556 g/mol. The third-order valence-electron chi connectivity index (χ3n) is 6.88. The van der Waals surface area contributed by atoms with E-state index >= 15 is 0 Å². The number of carbonyl (C=O) groups excluding carboxylic acids is 2. The van der Waals surface area contributed by atoms with Crippen molar-refractivity contribution in [3.8, 4) is 5.75 Å². The summed E-state index contributed by atoms with van der Waals surface area (Å²) in [7, 11) is -2.59. The van der Waals surface area contributed by atoms with E-state index in [4.69, 9.17) is 13.9 Å². The quantitative estimate of drug-likeness (QED) is 0.279. The number of furan rings is 1. The molecule has 0 saturated carbocycles.